The van der Waals surface area contributed by atoms with Crippen LogP contribution in [0.2, 0.25) is 0 Å². The van der Waals surface area contributed by atoms with Crippen LogP contribution in [0.3, 0.4) is 0 Å². The van der Waals surface area contributed by atoms with E-state index in [9.17, 15) is 4.79 Å². The lowest BCUT2D eigenvalue weighted by molar-refractivity contribution is -0.122. The minimum Gasteiger partial charge on any atom is -0.457 e. The summed E-state index contributed by atoms with van der Waals surface area (Å²) in [5, 5.41) is 16.0. The van der Waals surface area contributed by atoms with Gasteiger partial charge in [-0.1, -0.05) is 60.7 Å². The molecule has 0 radical (unpaired) electrons. The molecule has 0 aliphatic carbocycles. The van der Waals surface area contributed by atoms with Gasteiger partial charge in [-0.3, -0.25) is 4.79 Å². The van der Waals surface area contributed by atoms with Crippen molar-refractivity contribution in [2.75, 3.05) is 0 Å². The van der Waals surface area contributed by atoms with Crippen molar-refractivity contribution in [3.8, 4) is 22.9 Å². The molecule has 30 heavy (non-hydrogen) atoms. The standard InChI is InChI=1S/C22H18N6O2/c29-21(16-28-26-22(25-27-28)18-9-3-1-4-10-18)24-23-15-17-8-7-13-20(14-17)30-19-11-5-2-6-12-19/h1-15H,16H2,(H,24,29)/b23-15+. The monoisotopic (exact) mass is 398 g/mol. The number of para-hydroxylation sites is 1. The van der Waals surface area contributed by atoms with Crippen LogP contribution in [0, 0.1) is 0 Å². The number of carbonyl (C=O) groups is 1. The summed E-state index contributed by atoms with van der Waals surface area (Å²) in [7, 11) is 0. The fourth-order valence-corrected chi connectivity index (χ4v) is 2.64. The summed E-state index contributed by atoms with van der Waals surface area (Å²) in [6.45, 7) is -0.0890. The van der Waals surface area contributed by atoms with Gasteiger partial charge in [0.1, 0.15) is 18.0 Å². The average molecular weight is 398 g/mol. The number of rotatable bonds is 7. The normalized spacial score (nSPS) is 10.8. The van der Waals surface area contributed by atoms with E-state index in [0.29, 0.717) is 11.6 Å². The van der Waals surface area contributed by atoms with Crippen molar-refractivity contribution in [3.05, 3.63) is 90.5 Å². The first-order chi connectivity index (χ1) is 14.8. The van der Waals surface area contributed by atoms with Crippen molar-refractivity contribution in [2.24, 2.45) is 5.10 Å². The highest BCUT2D eigenvalue weighted by Gasteiger charge is 2.08. The first-order valence-corrected chi connectivity index (χ1v) is 9.24. The maximum absolute atomic E-state index is 12.1. The first-order valence-electron chi connectivity index (χ1n) is 9.24. The number of aromatic nitrogens is 4. The predicted molar refractivity (Wildman–Crippen MR) is 112 cm³/mol. The van der Waals surface area contributed by atoms with Crippen LogP contribution in [0.4, 0.5) is 0 Å². The van der Waals surface area contributed by atoms with Gasteiger partial charge in [0.25, 0.3) is 5.91 Å². The fraction of sp³-hybridized carbons (Fsp3) is 0.0455. The summed E-state index contributed by atoms with van der Waals surface area (Å²) in [6, 6.07) is 26.3. The molecule has 8 heteroatoms. The summed E-state index contributed by atoms with van der Waals surface area (Å²) in [5.41, 5.74) is 4.08. The van der Waals surface area contributed by atoms with Crippen LogP contribution in [0.5, 0.6) is 11.5 Å². The second-order valence-corrected chi connectivity index (χ2v) is 6.29. The Morgan fingerprint density at radius 3 is 2.50 bits per heavy atom. The third-order valence-electron chi connectivity index (χ3n) is 4.01. The second-order valence-electron chi connectivity index (χ2n) is 6.29. The number of tetrazole rings is 1. The molecule has 0 fully saturated rings. The van der Waals surface area contributed by atoms with E-state index in [1.165, 1.54) is 4.80 Å². The molecule has 0 bridgehead atoms. The molecule has 4 rings (SSSR count). The summed E-state index contributed by atoms with van der Waals surface area (Å²) >= 11 is 0. The van der Waals surface area contributed by atoms with Crippen molar-refractivity contribution in [1.82, 2.24) is 25.6 Å². The zero-order valence-corrected chi connectivity index (χ0v) is 15.9. The van der Waals surface area contributed by atoms with Gasteiger partial charge in [-0.15, -0.1) is 10.2 Å². The third kappa shape index (κ3) is 5.14. The largest absolute Gasteiger partial charge is 0.457 e. The summed E-state index contributed by atoms with van der Waals surface area (Å²) in [5.74, 6) is 1.52. The van der Waals surface area contributed by atoms with E-state index in [2.05, 4.69) is 25.9 Å². The van der Waals surface area contributed by atoms with E-state index in [4.69, 9.17) is 4.74 Å². The van der Waals surface area contributed by atoms with Gasteiger partial charge in [0.15, 0.2) is 0 Å². The second kappa shape index (κ2) is 9.24. The Hall–Kier alpha value is -4.33. The fourth-order valence-electron chi connectivity index (χ4n) is 2.64. The van der Waals surface area contributed by atoms with Gasteiger partial charge in [0.2, 0.25) is 5.82 Å². The number of benzene rings is 3. The predicted octanol–water partition coefficient (Wildman–Crippen LogP) is 3.28. The Kier molecular flexibility index (Phi) is 5.86. The maximum Gasteiger partial charge on any atom is 0.263 e. The SMILES string of the molecule is O=C(Cn1nnc(-c2ccccc2)n1)N/N=C/c1cccc(Oc2ccccc2)c1. The van der Waals surface area contributed by atoms with E-state index in [1.54, 1.807) is 6.21 Å². The number of hydrazone groups is 1. The molecule has 0 spiro atoms. The molecule has 0 aliphatic rings. The molecule has 0 unspecified atom stereocenters. The highest BCUT2D eigenvalue weighted by Crippen LogP contribution is 2.21. The molecule has 1 heterocycles. The van der Waals surface area contributed by atoms with Crippen LogP contribution >= 0.6 is 0 Å². The smallest absolute Gasteiger partial charge is 0.263 e. The number of nitrogens with zero attached hydrogens (tertiary/aromatic N) is 5. The zero-order chi connectivity index (χ0) is 20.6. The van der Waals surface area contributed by atoms with Crippen LogP contribution in [0.1, 0.15) is 5.56 Å². The van der Waals surface area contributed by atoms with Crippen LogP contribution < -0.4 is 10.2 Å². The number of hydrogen-bond donors (Lipinski definition) is 1. The molecule has 8 nitrogen and oxygen atoms in total. The molecule has 148 valence electrons. The van der Waals surface area contributed by atoms with E-state index < -0.39 is 0 Å². The van der Waals surface area contributed by atoms with Crippen LogP contribution in [-0.2, 0) is 11.3 Å². The molecule has 4 aromatic rings. The Morgan fingerprint density at radius 2 is 1.70 bits per heavy atom. The van der Waals surface area contributed by atoms with Gasteiger partial charge in [-0.05, 0) is 35.0 Å². The Labute approximate surface area is 172 Å². The molecule has 0 saturated carbocycles. The Balaban J connectivity index is 1.32. The molecule has 0 atom stereocenters. The number of carbonyl (C=O) groups excluding carboxylic acids is 1. The topological polar surface area (TPSA) is 94.3 Å². The number of ether oxygens (including phenoxy) is 1. The van der Waals surface area contributed by atoms with Crippen molar-refractivity contribution in [1.29, 1.82) is 0 Å². The molecular weight excluding hydrogens is 380 g/mol. The van der Waals surface area contributed by atoms with Gasteiger partial charge in [-0.2, -0.15) is 9.90 Å². The zero-order valence-electron chi connectivity index (χ0n) is 15.9. The number of nitrogens with one attached hydrogen (secondary N) is 1. The van der Waals surface area contributed by atoms with Crippen molar-refractivity contribution in [3.63, 3.8) is 0 Å². The third-order valence-corrected chi connectivity index (χ3v) is 4.01. The summed E-state index contributed by atoms with van der Waals surface area (Å²) < 4.78 is 5.79. The van der Waals surface area contributed by atoms with Gasteiger partial charge >= 0.3 is 0 Å². The molecule has 1 N–H and O–H groups in total. The molecule has 1 aromatic heterocycles. The lowest BCUT2D eigenvalue weighted by Crippen LogP contribution is -2.24. The van der Waals surface area contributed by atoms with Gasteiger partial charge < -0.3 is 4.74 Å². The van der Waals surface area contributed by atoms with Crippen molar-refractivity contribution in [2.45, 2.75) is 6.54 Å². The van der Waals surface area contributed by atoms with Gasteiger partial charge in [-0.25, -0.2) is 5.43 Å². The van der Waals surface area contributed by atoms with E-state index in [0.717, 1.165) is 16.9 Å². The molecule has 1 amide bonds. The Morgan fingerprint density at radius 1 is 0.967 bits per heavy atom. The molecular formula is C22H18N6O2. The number of hydrogen-bond acceptors (Lipinski definition) is 6. The van der Waals surface area contributed by atoms with E-state index in [-0.39, 0.29) is 12.5 Å². The summed E-state index contributed by atoms with van der Waals surface area (Å²) in [6.07, 6.45) is 1.54. The lowest BCUT2D eigenvalue weighted by Gasteiger charge is -2.05. The summed E-state index contributed by atoms with van der Waals surface area (Å²) in [4.78, 5) is 13.3. The Bertz CT molecular complexity index is 1140. The molecule has 0 aliphatic heterocycles. The minimum absolute atomic E-state index is 0.0890. The first kappa shape index (κ1) is 19.0. The van der Waals surface area contributed by atoms with E-state index >= 15 is 0 Å². The van der Waals surface area contributed by atoms with Crippen LogP contribution in [0.15, 0.2) is 90.0 Å². The number of amides is 1. The molecule has 3 aromatic carbocycles. The van der Waals surface area contributed by atoms with Gasteiger partial charge in [0.05, 0.1) is 6.21 Å². The molecule has 0 saturated heterocycles. The van der Waals surface area contributed by atoms with Crippen molar-refractivity contribution >= 4 is 12.1 Å². The van der Waals surface area contributed by atoms with Crippen LogP contribution in [-0.4, -0.2) is 32.3 Å². The van der Waals surface area contributed by atoms with Crippen LogP contribution in [0.25, 0.3) is 11.4 Å². The van der Waals surface area contributed by atoms with Crippen molar-refractivity contribution < 1.29 is 9.53 Å². The maximum atomic E-state index is 12.1. The van der Waals surface area contributed by atoms with Gasteiger partial charge in [0, 0.05) is 5.56 Å². The highest BCUT2D eigenvalue weighted by atomic mass is 16.5. The minimum atomic E-state index is -0.361. The van der Waals surface area contributed by atoms with E-state index in [1.807, 2.05) is 84.9 Å². The lowest BCUT2D eigenvalue weighted by atomic mass is 10.2. The highest BCUT2D eigenvalue weighted by molar-refractivity contribution is 5.82. The quantitative estimate of drug-likeness (QED) is 0.381. The average Bonchev–Trinajstić information content (AvgIpc) is 3.24.